The molecule has 364 valence electrons. The number of aldehydes is 1. The summed E-state index contributed by atoms with van der Waals surface area (Å²) in [4.78, 5) is 84.4. The summed E-state index contributed by atoms with van der Waals surface area (Å²) in [6.07, 6.45) is 6.90. The molecule has 1 saturated carbocycles. The lowest BCUT2D eigenvalue weighted by molar-refractivity contribution is -0.147. The Labute approximate surface area is 403 Å². The number of nitrogens with zero attached hydrogens (tertiary/aromatic N) is 7. The van der Waals surface area contributed by atoms with E-state index in [1.165, 1.54) is 27.3 Å². The number of amides is 5. The van der Waals surface area contributed by atoms with Gasteiger partial charge in [0.25, 0.3) is 5.91 Å². The zero-order valence-corrected chi connectivity index (χ0v) is 41.6. The molecule has 6 heterocycles. The Morgan fingerprint density at radius 1 is 1.12 bits per heavy atom. The predicted octanol–water partition coefficient (Wildman–Crippen LogP) is 6.18. The zero-order chi connectivity index (χ0) is 48.7. The molecule has 4 aliphatic rings. The highest BCUT2D eigenvalue weighted by atomic mass is 32.1. The van der Waals surface area contributed by atoms with E-state index >= 15 is 0 Å². The number of hydrogen-bond acceptors (Lipinski definition) is 11. The van der Waals surface area contributed by atoms with Gasteiger partial charge in [-0.15, -0.1) is 11.3 Å². The van der Waals surface area contributed by atoms with Crippen molar-refractivity contribution in [2.24, 2.45) is 11.3 Å². The average molecular weight is 950 g/mol. The van der Waals surface area contributed by atoms with Crippen molar-refractivity contribution in [3.8, 4) is 22.5 Å². The van der Waals surface area contributed by atoms with Gasteiger partial charge in [-0.25, -0.2) is 15.2 Å². The zero-order valence-electron chi connectivity index (χ0n) is 40.8. The Hall–Kier alpha value is -5.49. The van der Waals surface area contributed by atoms with Crippen LogP contribution in [0.1, 0.15) is 89.6 Å². The van der Waals surface area contributed by atoms with Crippen molar-refractivity contribution in [2.75, 3.05) is 53.6 Å². The number of nitrogens with one attached hydrogen (secondary N) is 2. The molecule has 2 saturated heterocycles. The summed E-state index contributed by atoms with van der Waals surface area (Å²) in [5, 5.41) is 8.21. The number of carbonyl (C=O) groups is 5. The lowest BCUT2D eigenvalue weighted by Gasteiger charge is -2.45. The number of fused-ring (bicyclic) bond motifs is 6. The first-order chi connectivity index (χ1) is 32.5. The number of carbonyl (C=O) groups excluding carboxylic acids is 5. The molecule has 3 aromatic heterocycles. The Kier molecular flexibility index (Phi) is 14.0. The van der Waals surface area contributed by atoms with Gasteiger partial charge in [-0.3, -0.25) is 24.4 Å². The summed E-state index contributed by atoms with van der Waals surface area (Å²) in [6, 6.07) is 8.18. The minimum absolute atomic E-state index is 0.0300. The van der Waals surface area contributed by atoms with Crippen molar-refractivity contribution in [1.82, 2.24) is 45.0 Å². The molecule has 0 radical (unpaired) electrons. The molecule has 8 rings (SSSR count). The van der Waals surface area contributed by atoms with Crippen LogP contribution < -0.4 is 10.7 Å². The fraction of sp³-hybridized carbons (Fsp3) is 0.549. The molecule has 1 aromatic carbocycles. The largest absolute Gasteiger partial charge is 0.378 e. The second-order valence-electron chi connectivity index (χ2n) is 20.2. The molecule has 4 aromatic rings. The number of piperazine rings is 1. The maximum absolute atomic E-state index is 14.8. The average Bonchev–Trinajstić information content (AvgIpc) is 3.80. The maximum atomic E-state index is 14.8. The highest BCUT2D eigenvalue weighted by Gasteiger charge is 2.55. The molecule has 17 heteroatoms. The summed E-state index contributed by atoms with van der Waals surface area (Å²) >= 11 is 1.41. The summed E-state index contributed by atoms with van der Waals surface area (Å²) in [5.41, 5.74) is 7.96. The van der Waals surface area contributed by atoms with Gasteiger partial charge >= 0.3 is 6.03 Å². The van der Waals surface area contributed by atoms with Gasteiger partial charge in [-0.1, -0.05) is 40.3 Å². The summed E-state index contributed by atoms with van der Waals surface area (Å²) in [6.45, 7) is 18.4. The molecule has 6 bridgehead atoms. The highest BCUT2D eigenvalue weighted by Crippen LogP contribution is 2.45. The van der Waals surface area contributed by atoms with E-state index in [0.717, 1.165) is 63.8 Å². The summed E-state index contributed by atoms with van der Waals surface area (Å²) < 4.78 is 14.7. The van der Waals surface area contributed by atoms with E-state index in [2.05, 4.69) is 66.9 Å². The summed E-state index contributed by atoms with van der Waals surface area (Å²) in [5.74, 6) is -1.39. The number of likely N-dealkylation sites (N-methyl/N-ethyl adjacent to an activating group) is 1. The number of pyridine rings is 1. The molecule has 3 fully saturated rings. The number of hydrazine groups is 1. The molecule has 1 aliphatic carbocycles. The van der Waals surface area contributed by atoms with Crippen LogP contribution in [-0.2, 0) is 48.0 Å². The Bertz CT molecular complexity index is 2580. The molecule has 1 spiro atoms. The van der Waals surface area contributed by atoms with E-state index in [4.69, 9.17) is 19.4 Å². The van der Waals surface area contributed by atoms with Crippen LogP contribution in [0, 0.1) is 11.3 Å². The van der Waals surface area contributed by atoms with Crippen molar-refractivity contribution < 1.29 is 33.4 Å². The van der Waals surface area contributed by atoms with Crippen LogP contribution in [0.3, 0.4) is 0 Å². The number of thiazole rings is 1. The topological polar surface area (TPSA) is 172 Å². The normalized spacial score (nSPS) is 22.4. The van der Waals surface area contributed by atoms with Gasteiger partial charge in [0.2, 0.25) is 11.8 Å². The number of aryl methyl sites for hydroxylation is 1. The molecular weight excluding hydrogens is 883 g/mol. The second kappa shape index (κ2) is 19.5. The third kappa shape index (κ3) is 9.46. The van der Waals surface area contributed by atoms with Crippen molar-refractivity contribution in [1.29, 1.82) is 0 Å². The second-order valence-corrected chi connectivity index (χ2v) is 21.2. The van der Waals surface area contributed by atoms with Gasteiger partial charge in [0.1, 0.15) is 23.9 Å². The number of rotatable bonds is 10. The molecular formula is C51H67N9O7S. The van der Waals surface area contributed by atoms with E-state index in [1.807, 2.05) is 32.2 Å². The number of ether oxygens (including phenoxy) is 2. The summed E-state index contributed by atoms with van der Waals surface area (Å²) in [7, 11) is 3.32. The number of hydrogen-bond donors (Lipinski definition) is 2. The Morgan fingerprint density at radius 3 is 2.59 bits per heavy atom. The first-order valence-corrected chi connectivity index (χ1v) is 24.8. The third-order valence-corrected chi connectivity index (χ3v) is 15.2. The SMILES string of the molecule is C=CC(=O)N1CCN(C(=O)N(C)[C@H](C(=O)N[C@H]2Cc3nc(cs3)-c3ccc4c(c3)c(c(-c3cccnc3[C@H](C)OC)n4CC)CC(C)(C)COC[C@@]3(C=O)CCCN(N3)C2=O)C(C)C)C2(CC2)C1. The number of methoxy groups -OCH3 is 1. The Morgan fingerprint density at radius 2 is 1.90 bits per heavy atom. The van der Waals surface area contributed by atoms with Gasteiger partial charge in [0, 0.05) is 86.9 Å². The van der Waals surface area contributed by atoms with Crippen molar-refractivity contribution in [2.45, 2.75) is 116 Å². The van der Waals surface area contributed by atoms with Gasteiger partial charge < -0.3 is 38.9 Å². The smallest absolute Gasteiger partial charge is 0.321 e. The minimum atomic E-state index is -1.19. The molecule has 68 heavy (non-hydrogen) atoms. The van der Waals surface area contributed by atoms with Crippen molar-refractivity contribution in [3.63, 3.8) is 0 Å². The predicted molar refractivity (Wildman–Crippen MR) is 261 cm³/mol. The highest BCUT2D eigenvalue weighted by molar-refractivity contribution is 7.10. The number of benzene rings is 1. The molecule has 0 unspecified atom stereocenters. The monoisotopic (exact) mass is 949 g/mol. The fourth-order valence-corrected chi connectivity index (χ4v) is 11.4. The third-order valence-electron chi connectivity index (χ3n) is 14.3. The number of aromatic nitrogens is 3. The van der Waals surface area contributed by atoms with Crippen LogP contribution in [0.15, 0.2) is 54.6 Å². The molecule has 5 amide bonds. The van der Waals surface area contributed by atoms with Gasteiger partial charge in [0.05, 0.1) is 46.9 Å². The fourth-order valence-electron chi connectivity index (χ4n) is 10.6. The van der Waals surface area contributed by atoms with Crippen LogP contribution in [0.25, 0.3) is 33.4 Å². The Balaban J connectivity index is 1.16. The van der Waals surface area contributed by atoms with Crippen LogP contribution in [-0.4, -0.2) is 141 Å². The van der Waals surface area contributed by atoms with E-state index in [1.54, 1.807) is 30.2 Å². The lowest BCUT2D eigenvalue weighted by atomic mass is 9.84. The molecule has 4 atom stereocenters. The van der Waals surface area contributed by atoms with Crippen molar-refractivity contribution >= 4 is 52.3 Å². The standard InChI is InChI=1S/C51H67N9O7S/c1-10-42(62)57-22-23-59(51(28-57)18-19-51)48(65)56(8)44(32(3)4)46(63)54-38-25-41-53-39(27-68-41)34-15-16-40-36(24-34)37(45(58(40)11-2)35-14-12-20-52-43(35)33(5)66-9)26-49(6,7)30-67-31-50(29-61)17-13-21-60(55-50)47(38)64/h10,12,14-16,20,24,27,29,32-33,38,44,55H,1,11,13,17-19,21-23,25-26,28,30-31H2,2-9H3,(H,54,63)/t33-,38-,44-,50-/m0/s1. The van der Waals surface area contributed by atoms with Gasteiger partial charge in [-0.05, 0) is 93.2 Å². The van der Waals surface area contributed by atoms with E-state index < -0.39 is 40.4 Å². The molecule has 16 nitrogen and oxygen atoms in total. The lowest BCUT2D eigenvalue weighted by Crippen LogP contribution is -2.67. The van der Waals surface area contributed by atoms with Gasteiger partial charge in [-0.2, -0.15) is 0 Å². The number of urea groups is 1. The van der Waals surface area contributed by atoms with E-state index in [9.17, 15) is 24.0 Å². The first kappa shape index (κ1) is 48.9. The molecule has 2 N–H and O–H groups in total. The van der Waals surface area contributed by atoms with Gasteiger partial charge in [0.15, 0.2) is 0 Å². The van der Waals surface area contributed by atoms with Crippen LogP contribution in [0.2, 0.25) is 0 Å². The van der Waals surface area contributed by atoms with E-state index in [0.29, 0.717) is 63.6 Å². The minimum Gasteiger partial charge on any atom is -0.378 e. The quantitative estimate of drug-likeness (QED) is 0.138. The maximum Gasteiger partial charge on any atom is 0.321 e. The van der Waals surface area contributed by atoms with Crippen LogP contribution in [0.4, 0.5) is 4.79 Å². The van der Waals surface area contributed by atoms with Crippen LogP contribution >= 0.6 is 11.3 Å². The van der Waals surface area contributed by atoms with Crippen LogP contribution in [0.5, 0.6) is 0 Å². The molecule has 3 aliphatic heterocycles. The first-order valence-electron chi connectivity index (χ1n) is 24.0. The van der Waals surface area contributed by atoms with E-state index in [-0.39, 0.29) is 37.0 Å². The van der Waals surface area contributed by atoms with Crippen molar-refractivity contribution in [3.05, 3.63) is 70.8 Å².